The van der Waals surface area contributed by atoms with E-state index in [4.69, 9.17) is 21.1 Å². The first-order valence-electron chi connectivity index (χ1n) is 5.34. The summed E-state index contributed by atoms with van der Waals surface area (Å²) in [5.74, 6) is -0.401. The molecule has 0 spiro atoms. The van der Waals surface area contributed by atoms with Gasteiger partial charge >= 0.3 is 5.97 Å². The van der Waals surface area contributed by atoms with Gasteiger partial charge in [-0.1, -0.05) is 11.6 Å². The van der Waals surface area contributed by atoms with Crippen molar-refractivity contribution in [1.29, 1.82) is 0 Å². The van der Waals surface area contributed by atoms with Crippen LogP contribution in [0.3, 0.4) is 0 Å². The first-order chi connectivity index (χ1) is 8.60. The molecule has 0 saturated heterocycles. The van der Waals surface area contributed by atoms with Crippen LogP contribution in [-0.2, 0) is 14.3 Å². The lowest BCUT2D eigenvalue weighted by atomic mass is 10.3. The number of ether oxygens (including phenoxy) is 2. The van der Waals surface area contributed by atoms with Gasteiger partial charge < -0.3 is 9.47 Å². The molecule has 0 radical (unpaired) electrons. The number of carbonyl (C=O) groups is 1. The maximum Gasteiger partial charge on any atom is 0.332 e. The second kappa shape index (κ2) is 5.65. The minimum Gasteiger partial charge on any atom is -0.454 e. The monoisotopic (exact) mass is 285 g/mol. The number of aromatic nitrogens is 1. The van der Waals surface area contributed by atoms with Gasteiger partial charge in [-0.15, -0.1) is 11.3 Å². The molecule has 1 unspecified atom stereocenters. The normalized spacial score (nSPS) is 12.6. The summed E-state index contributed by atoms with van der Waals surface area (Å²) in [6.45, 7) is 1.73. The highest BCUT2D eigenvalue weighted by molar-refractivity contribution is 7.18. The van der Waals surface area contributed by atoms with Crippen LogP contribution in [0, 0.1) is 0 Å². The highest BCUT2D eigenvalue weighted by atomic mass is 35.5. The van der Waals surface area contributed by atoms with Gasteiger partial charge in [-0.05, 0) is 25.1 Å². The van der Waals surface area contributed by atoms with E-state index in [-0.39, 0.29) is 12.7 Å². The number of fused-ring (bicyclic) bond motifs is 1. The molecule has 2 rings (SSSR count). The highest BCUT2D eigenvalue weighted by Gasteiger charge is 2.16. The lowest BCUT2D eigenvalue weighted by molar-refractivity contribution is -0.152. The fraction of sp³-hybridized carbons (Fsp3) is 0.333. The fourth-order valence-electron chi connectivity index (χ4n) is 1.49. The second-order valence-corrected chi connectivity index (χ2v) is 5.23. The van der Waals surface area contributed by atoms with Gasteiger partial charge in [-0.25, -0.2) is 9.78 Å². The Morgan fingerprint density at radius 2 is 2.33 bits per heavy atom. The van der Waals surface area contributed by atoms with Crippen molar-refractivity contribution in [2.24, 2.45) is 0 Å². The number of halogens is 1. The summed E-state index contributed by atoms with van der Waals surface area (Å²) in [6.07, 6.45) is -0.385. The quantitative estimate of drug-likeness (QED) is 0.810. The summed E-state index contributed by atoms with van der Waals surface area (Å²) < 4.78 is 10.9. The molecule has 0 bridgehead atoms. The van der Waals surface area contributed by atoms with Crippen molar-refractivity contribution >= 4 is 39.1 Å². The van der Waals surface area contributed by atoms with E-state index in [2.05, 4.69) is 4.98 Å². The topological polar surface area (TPSA) is 48.4 Å². The first kappa shape index (κ1) is 13.3. The molecule has 1 heterocycles. The molecule has 1 aromatic heterocycles. The number of hydrogen-bond donors (Lipinski definition) is 0. The zero-order chi connectivity index (χ0) is 13.1. The minimum absolute atomic E-state index is 0.0545. The largest absolute Gasteiger partial charge is 0.454 e. The van der Waals surface area contributed by atoms with E-state index >= 15 is 0 Å². The maximum absolute atomic E-state index is 11.3. The van der Waals surface area contributed by atoms with E-state index in [9.17, 15) is 4.79 Å². The Balaban J connectivity index is 2.17. The molecule has 96 valence electrons. The predicted molar refractivity (Wildman–Crippen MR) is 71.0 cm³/mol. The van der Waals surface area contributed by atoms with Crippen LogP contribution in [0.25, 0.3) is 10.2 Å². The molecule has 0 aliphatic carbocycles. The molecule has 1 aromatic carbocycles. The Hall–Kier alpha value is -1.17. The molecule has 0 aliphatic heterocycles. The zero-order valence-corrected chi connectivity index (χ0v) is 11.5. The molecule has 0 amide bonds. The smallest absolute Gasteiger partial charge is 0.332 e. The molecule has 2 aromatic rings. The minimum atomic E-state index is -0.401. The van der Waals surface area contributed by atoms with Crippen molar-refractivity contribution in [3.8, 4) is 0 Å². The highest BCUT2D eigenvalue weighted by Crippen LogP contribution is 2.29. The first-order valence-corrected chi connectivity index (χ1v) is 6.54. The summed E-state index contributed by atoms with van der Waals surface area (Å²) in [4.78, 5) is 15.7. The van der Waals surface area contributed by atoms with Crippen LogP contribution < -0.4 is 0 Å². The molecule has 0 N–H and O–H groups in total. The van der Waals surface area contributed by atoms with Crippen LogP contribution in [0.5, 0.6) is 0 Å². The molecular weight excluding hydrogens is 274 g/mol. The van der Waals surface area contributed by atoms with Crippen LogP contribution in [0.15, 0.2) is 18.2 Å². The van der Waals surface area contributed by atoms with Gasteiger partial charge in [-0.2, -0.15) is 0 Å². The third-order valence-electron chi connectivity index (χ3n) is 2.28. The molecule has 0 fully saturated rings. The van der Waals surface area contributed by atoms with Gasteiger partial charge in [0.1, 0.15) is 11.6 Å². The predicted octanol–water partition coefficient (Wildman–Crippen LogP) is 3.20. The molecule has 4 nitrogen and oxygen atoms in total. The van der Waals surface area contributed by atoms with Crippen LogP contribution >= 0.6 is 22.9 Å². The van der Waals surface area contributed by atoms with Crippen LogP contribution in [0.4, 0.5) is 0 Å². The van der Waals surface area contributed by atoms with Crippen LogP contribution in [0.2, 0.25) is 5.02 Å². The lowest BCUT2D eigenvalue weighted by Gasteiger charge is -2.09. The second-order valence-electron chi connectivity index (χ2n) is 3.73. The number of methoxy groups -OCH3 is 1. The van der Waals surface area contributed by atoms with Gasteiger partial charge in [-0.3, -0.25) is 0 Å². The Labute approximate surface area is 113 Å². The van der Waals surface area contributed by atoms with E-state index in [1.54, 1.807) is 13.0 Å². The van der Waals surface area contributed by atoms with Crippen molar-refractivity contribution in [2.75, 3.05) is 13.7 Å². The van der Waals surface area contributed by atoms with E-state index in [0.29, 0.717) is 5.02 Å². The van der Waals surface area contributed by atoms with Gasteiger partial charge in [0.25, 0.3) is 0 Å². The number of rotatable bonds is 4. The molecule has 0 aliphatic rings. The fourth-order valence-corrected chi connectivity index (χ4v) is 2.59. The van der Waals surface area contributed by atoms with Crippen molar-refractivity contribution in [1.82, 2.24) is 4.98 Å². The number of benzene rings is 1. The number of carbonyl (C=O) groups excluding carboxylic acids is 1. The number of nitrogens with zero attached hydrogens (tertiary/aromatic N) is 1. The van der Waals surface area contributed by atoms with Crippen molar-refractivity contribution in [2.45, 2.75) is 13.0 Å². The molecule has 6 heteroatoms. The summed E-state index contributed by atoms with van der Waals surface area (Å²) >= 11 is 7.38. The number of thiazole rings is 1. The third-order valence-corrected chi connectivity index (χ3v) is 3.72. The number of esters is 1. The Morgan fingerprint density at radius 1 is 1.56 bits per heavy atom. The zero-order valence-electron chi connectivity index (χ0n) is 9.97. The Bertz CT molecular complexity index is 569. The summed E-state index contributed by atoms with van der Waals surface area (Å²) in [7, 11) is 1.45. The maximum atomic E-state index is 11.3. The van der Waals surface area contributed by atoms with Crippen LogP contribution in [0.1, 0.15) is 18.0 Å². The SMILES string of the molecule is COCC(=O)OC(C)c1nc2cc(Cl)ccc2s1. The van der Waals surface area contributed by atoms with Crippen LogP contribution in [-0.4, -0.2) is 24.7 Å². The Kier molecular flexibility index (Phi) is 4.16. The molecular formula is C12H12ClNO3S. The summed E-state index contributed by atoms with van der Waals surface area (Å²) in [6, 6.07) is 5.51. The Morgan fingerprint density at radius 3 is 3.06 bits per heavy atom. The standard InChI is InChI=1S/C12H12ClNO3S/c1-7(17-11(15)6-16-2)12-14-9-5-8(13)3-4-10(9)18-12/h3-5,7H,6H2,1-2H3. The van der Waals surface area contributed by atoms with Crippen molar-refractivity contribution in [3.05, 3.63) is 28.2 Å². The van der Waals surface area contributed by atoms with E-state index in [1.165, 1.54) is 18.4 Å². The van der Waals surface area contributed by atoms with Gasteiger partial charge in [0.2, 0.25) is 0 Å². The lowest BCUT2D eigenvalue weighted by Crippen LogP contribution is -2.13. The van der Waals surface area contributed by atoms with Crippen molar-refractivity contribution in [3.63, 3.8) is 0 Å². The van der Waals surface area contributed by atoms with Gasteiger partial charge in [0.15, 0.2) is 6.10 Å². The van der Waals surface area contributed by atoms with E-state index in [0.717, 1.165) is 15.2 Å². The average molecular weight is 286 g/mol. The van der Waals surface area contributed by atoms with E-state index < -0.39 is 5.97 Å². The molecule has 1 atom stereocenters. The molecule has 18 heavy (non-hydrogen) atoms. The number of hydrogen-bond acceptors (Lipinski definition) is 5. The van der Waals surface area contributed by atoms with Crippen molar-refractivity contribution < 1.29 is 14.3 Å². The third kappa shape index (κ3) is 2.98. The van der Waals surface area contributed by atoms with Gasteiger partial charge in [0.05, 0.1) is 10.2 Å². The molecule has 0 saturated carbocycles. The van der Waals surface area contributed by atoms with Gasteiger partial charge in [0, 0.05) is 12.1 Å². The van der Waals surface area contributed by atoms with E-state index in [1.807, 2.05) is 12.1 Å². The summed E-state index contributed by atoms with van der Waals surface area (Å²) in [5, 5.41) is 1.39. The average Bonchev–Trinajstić information content (AvgIpc) is 2.72. The summed E-state index contributed by atoms with van der Waals surface area (Å²) in [5.41, 5.74) is 0.817.